The van der Waals surface area contributed by atoms with Crippen LogP contribution < -0.4 is 10.9 Å². The smallest absolute Gasteiger partial charge is 0.262 e. The highest BCUT2D eigenvalue weighted by Gasteiger charge is 2.21. The first kappa shape index (κ1) is 19.3. The number of rotatable bonds is 4. The standard InChI is InChI=1S/C22H22N6O3/c1-26-20(29)16-7-3-5-9-18(16)28-19(24-25-22(26)28)14-23-17-8-4-2-6-15(17)21(30)27-10-12-31-13-11-27/h2-9,23H,10-14H2,1H3. The molecular weight excluding hydrogens is 396 g/mol. The first-order valence-electron chi connectivity index (χ1n) is 10.2. The topological polar surface area (TPSA) is 93.8 Å². The van der Waals surface area contributed by atoms with Crippen LogP contribution in [0.25, 0.3) is 16.7 Å². The molecule has 0 atom stereocenters. The molecule has 1 saturated heterocycles. The van der Waals surface area contributed by atoms with Gasteiger partial charge in [-0.15, -0.1) is 10.2 Å². The zero-order valence-electron chi connectivity index (χ0n) is 17.1. The van der Waals surface area contributed by atoms with Crippen LogP contribution in [-0.2, 0) is 18.3 Å². The SMILES string of the molecule is Cn1c(=O)c2ccccc2n2c(CNc3ccccc3C(=O)N3CCOCC3)nnc12. The molecule has 1 aliphatic heterocycles. The number of aromatic nitrogens is 4. The number of para-hydroxylation sites is 2. The molecule has 2 aromatic heterocycles. The van der Waals surface area contributed by atoms with Crippen LogP contribution in [0.3, 0.4) is 0 Å². The number of carbonyl (C=O) groups excluding carboxylic acids is 1. The number of carbonyl (C=O) groups is 1. The van der Waals surface area contributed by atoms with E-state index >= 15 is 0 Å². The first-order valence-corrected chi connectivity index (χ1v) is 10.2. The van der Waals surface area contributed by atoms with E-state index in [0.29, 0.717) is 55.4 Å². The lowest BCUT2D eigenvalue weighted by Gasteiger charge is -2.27. The zero-order chi connectivity index (χ0) is 21.4. The molecule has 1 fully saturated rings. The van der Waals surface area contributed by atoms with Gasteiger partial charge in [-0.1, -0.05) is 24.3 Å². The molecule has 9 nitrogen and oxygen atoms in total. The number of ether oxygens (including phenoxy) is 1. The molecule has 0 unspecified atom stereocenters. The van der Waals surface area contributed by atoms with E-state index in [4.69, 9.17) is 4.74 Å². The molecule has 3 heterocycles. The lowest BCUT2D eigenvalue weighted by molar-refractivity contribution is 0.0303. The number of aryl methyl sites for hydroxylation is 1. The van der Waals surface area contributed by atoms with Gasteiger partial charge in [0, 0.05) is 25.8 Å². The largest absolute Gasteiger partial charge is 0.378 e. The van der Waals surface area contributed by atoms with Gasteiger partial charge in [-0.25, -0.2) is 0 Å². The third kappa shape index (κ3) is 3.32. The van der Waals surface area contributed by atoms with Crippen molar-refractivity contribution < 1.29 is 9.53 Å². The van der Waals surface area contributed by atoms with E-state index in [1.165, 1.54) is 4.57 Å². The van der Waals surface area contributed by atoms with Gasteiger partial charge in [-0.2, -0.15) is 0 Å². The molecule has 0 aliphatic carbocycles. The van der Waals surface area contributed by atoms with Crippen molar-refractivity contribution in [3.05, 3.63) is 70.3 Å². The van der Waals surface area contributed by atoms with E-state index in [0.717, 1.165) is 11.2 Å². The number of nitrogens with one attached hydrogen (secondary N) is 1. The number of benzene rings is 2. The zero-order valence-corrected chi connectivity index (χ0v) is 17.1. The van der Waals surface area contributed by atoms with E-state index in [2.05, 4.69) is 15.5 Å². The van der Waals surface area contributed by atoms with Gasteiger partial charge in [-0.3, -0.25) is 18.6 Å². The van der Waals surface area contributed by atoms with Crippen LogP contribution in [0.4, 0.5) is 5.69 Å². The summed E-state index contributed by atoms with van der Waals surface area (Å²) in [7, 11) is 1.69. The number of morpholine rings is 1. The number of nitrogens with zero attached hydrogens (tertiary/aromatic N) is 5. The number of amides is 1. The van der Waals surface area contributed by atoms with Crippen LogP contribution >= 0.6 is 0 Å². The Bertz CT molecular complexity index is 1340. The molecule has 0 saturated carbocycles. The predicted octanol–water partition coefficient (Wildman–Crippen LogP) is 1.67. The van der Waals surface area contributed by atoms with Crippen molar-refractivity contribution in [3.8, 4) is 0 Å². The van der Waals surface area contributed by atoms with Crippen molar-refractivity contribution in [2.75, 3.05) is 31.6 Å². The highest BCUT2D eigenvalue weighted by molar-refractivity contribution is 5.99. The Balaban J connectivity index is 1.49. The molecule has 4 aromatic rings. The van der Waals surface area contributed by atoms with Crippen LogP contribution in [0.15, 0.2) is 53.3 Å². The van der Waals surface area contributed by atoms with Gasteiger partial charge in [-0.05, 0) is 24.3 Å². The molecule has 31 heavy (non-hydrogen) atoms. The summed E-state index contributed by atoms with van der Waals surface area (Å²) in [6.07, 6.45) is 0. The molecule has 0 spiro atoms. The molecule has 1 N–H and O–H groups in total. The maximum absolute atomic E-state index is 13.0. The number of fused-ring (bicyclic) bond motifs is 3. The van der Waals surface area contributed by atoms with Gasteiger partial charge in [0.2, 0.25) is 5.78 Å². The van der Waals surface area contributed by atoms with Crippen molar-refractivity contribution in [1.29, 1.82) is 0 Å². The fraction of sp³-hybridized carbons (Fsp3) is 0.273. The van der Waals surface area contributed by atoms with Crippen molar-refractivity contribution in [2.24, 2.45) is 7.05 Å². The molecule has 9 heteroatoms. The van der Waals surface area contributed by atoms with E-state index in [1.54, 1.807) is 18.0 Å². The quantitative estimate of drug-likeness (QED) is 0.542. The third-order valence-corrected chi connectivity index (χ3v) is 5.59. The van der Waals surface area contributed by atoms with E-state index in [1.807, 2.05) is 46.9 Å². The number of anilines is 1. The fourth-order valence-electron chi connectivity index (χ4n) is 3.94. The molecule has 5 rings (SSSR count). The molecule has 1 amide bonds. The molecular formula is C22H22N6O3. The van der Waals surface area contributed by atoms with Crippen molar-refractivity contribution >= 4 is 28.3 Å². The molecule has 0 radical (unpaired) electrons. The lowest BCUT2D eigenvalue weighted by atomic mass is 10.1. The van der Waals surface area contributed by atoms with Gasteiger partial charge < -0.3 is 15.0 Å². The second-order valence-corrected chi connectivity index (χ2v) is 7.44. The van der Waals surface area contributed by atoms with Crippen molar-refractivity contribution in [2.45, 2.75) is 6.54 Å². The van der Waals surface area contributed by atoms with Gasteiger partial charge in [0.15, 0.2) is 5.82 Å². The van der Waals surface area contributed by atoms with Gasteiger partial charge >= 0.3 is 0 Å². The van der Waals surface area contributed by atoms with Crippen molar-refractivity contribution in [3.63, 3.8) is 0 Å². The van der Waals surface area contributed by atoms with Crippen LogP contribution in [0.5, 0.6) is 0 Å². The van der Waals surface area contributed by atoms with Gasteiger partial charge in [0.1, 0.15) is 0 Å². The summed E-state index contributed by atoms with van der Waals surface area (Å²) in [5, 5.41) is 12.5. The lowest BCUT2D eigenvalue weighted by Crippen LogP contribution is -2.40. The third-order valence-electron chi connectivity index (χ3n) is 5.59. The van der Waals surface area contributed by atoms with E-state index < -0.39 is 0 Å². The summed E-state index contributed by atoms with van der Waals surface area (Å²) in [6, 6.07) is 14.8. The minimum absolute atomic E-state index is 0.0228. The van der Waals surface area contributed by atoms with Crippen LogP contribution in [0.2, 0.25) is 0 Å². The van der Waals surface area contributed by atoms with Gasteiger partial charge in [0.05, 0.1) is 36.2 Å². The number of hydrogen-bond donors (Lipinski definition) is 1. The Labute approximate surface area is 177 Å². The van der Waals surface area contributed by atoms with Crippen LogP contribution in [0.1, 0.15) is 16.2 Å². The summed E-state index contributed by atoms with van der Waals surface area (Å²) in [4.78, 5) is 27.4. The Hall–Kier alpha value is -3.72. The second-order valence-electron chi connectivity index (χ2n) is 7.44. The molecule has 2 aromatic carbocycles. The molecule has 158 valence electrons. The Kier molecular flexibility index (Phi) is 4.87. The summed E-state index contributed by atoms with van der Waals surface area (Å²) < 4.78 is 8.72. The Morgan fingerprint density at radius 2 is 1.81 bits per heavy atom. The highest BCUT2D eigenvalue weighted by Crippen LogP contribution is 2.20. The fourth-order valence-corrected chi connectivity index (χ4v) is 3.94. The second kappa shape index (κ2) is 7.84. The monoisotopic (exact) mass is 418 g/mol. The molecule has 1 aliphatic rings. The van der Waals surface area contributed by atoms with Crippen LogP contribution in [0, 0.1) is 0 Å². The highest BCUT2D eigenvalue weighted by atomic mass is 16.5. The Morgan fingerprint density at radius 1 is 1.06 bits per heavy atom. The van der Waals surface area contributed by atoms with Gasteiger partial charge in [0.25, 0.3) is 11.5 Å². The van der Waals surface area contributed by atoms with Crippen LogP contribution in [-0.4, -0.2) is 56.3 Å². The average Bonchev–Trinajstić information content (AvgIpc) is 3.26. The maximum Gasteiger partial charge on any atom is 0.262 e. The number of hydrogen-bond acceptors (Lipinski definition) is 6. The van der Waals surface area contributed by atoms with Crippen molar-refractivity contribution in [1.82, 2.24) is 24.1 Å². The van der Waals surface area contributed by atoms with E-state index in [-0.39, 0.29) is 11.5 Å². The summed E-state index contributed by atoms with van der Waals surface area (Å²) in [5.74, 6) is 1.10. The summed E-state index contributed by atoms with van der Waals surface area (Å²) in [6.45, 7) is 2.62. The Morgan fingerprint density at radius 3 is 2.65 bits per heavy atom. The average molecular weight is 418 g/mol. The molecule has 0 bridgehead atoms. The normalized spacial score (nSPS) is 14.3. The minimum atomic E-state index is -0.114. The maximum atomic E-state index is 13.0. The summed E-state index contributed by atoms with van der Waals surface area (Å²) in [5.41, 5.74) is 1.97. The van der Waals surface area contributed by atoms with E-state index in [9.17, 15) is 9.59 Å². The minimum Gasteiger partial charge on any atom is -0.378 e. The first-order chi connectivity index (χ1) is 15.1. The predicted molar refractivity (Wildman–Crippen MR) is 116 cm³/mol. The summed E-state index contributed by atoms with van der Waals surface area (Å²) >= 11 is 0.